The van der Waals surface area contributed by atoms with Gasteiger partial charge in [-0.25, -0.2) is 9.78 Å². The summed E-state index contributed by atoms with van der Waals surface area (Å²) in [5, 5.41) is 0. The number of amides is 1. The molecule has 0 N–H and O–H groups in total. The van der Waals surface area contributed by atoms with E-state index in [1.165, 1.54) is 0 Å². The Hall–Kier alpha value is -0.610. The van der Waals surface area contributed by atoms with E-state index in [9.17, 15) is 4.79 Å². The van der Waals surface area contributed by atoms with Crippen LogP contribution in [0.2, 0.25) is 0 Å². The van der Waals surface area contributed by atoms with Gasteiger partial charge in [-0.05, 0) is 25.7 Å². The molecule has 5 aliphatic rings. The first kappa shape index (κ1) is 8.53. The van der Waals surface area contributed by atoms with Crippen LogP contribution in [-0.2, 0) is 14.6 Å². The van der Waals surface area contributed by atoms with Gasteiger partial charge in [-0.3, -0.25) is 4.79 Å². The van der Waals surface area contributed by atoms with Crippen LogP contribution in [0.4, 0.5) is 0 Å². The first-order valence-electron chi connectivity index (χ1n) is 5.96. The molecule has 1 aliphatic carbocycles. The molecule has 2 spiro atoms. The second kappa shape index (κ2) is 2.38. The number of rotatable bonds is 0. The van der Waals surface area contributed by atoms with E-state index in [4.69, 9.17) is 9.78 Å². The number of piperidine rings is 1. The van der Waals surface area contributed by atoms with Gasteiger partial charge in [-0.1, -0.05) is 0 Å². The molecular weight excluding hydrogens is 194 g/mol. The number of fused-ring (bicyclic) bond motifs is 1. The van der Waals surface area contributed by atoms with Crippen LogP contribution in [-0.4, -0.2) is 28.7 Å². The highest BCUT2D eigenvalue weighted by atomic mass is 17.2. The van der Waals surface area contributed by atoms with Crippen LogP contribution < -0.4 is 0 Å². The topological polar surface area (TPSA) is 38.8 Å². The van der Waals surface area contributed by atoms with Crippen molar-refractivity contribution in [1.82, 2.24) is 4.90 Å². The monoisotopic (exact) mass is 209 g/mol. The lowest BCUT2D eigenvalue weighted by Gasteiger charge is -2.55. The lowest BCUT2D eigenvalue weighted by Crippen LogP contribution is -2.70. The average Bonchev–Trinajstić information content (AvgIpc) is 2.82. The van der Waals surface area contributed by atoms with Gasteiger partial charge in [0, 0.05) is 25.3 Å². The van der Waals surface area contributed by atoms with Gasteiger partial charge in [0.1, 0.15) is 0 Å². The number of carbonyl (C=O) groups excluding carboxylic acids is 1. The standard InChI is InChI=1S/C11H15NO3/c13-9-11-5-1-3-8(11)7-10(14-15-11)4-2-6-12(9)10/h8H,1-7H2. The molecule has 82 valence electrons. The normalized spacial score (nSPS) is 52.1. The summed E-state index contributed by atoms with van der Waals surface area (Å²) in [5.74, 6) is 0.619. The number of carbonyl (C=O) groups is 1. The van der Waals surface area contributed by atoms with E-state index in [-0.39, 0.29) is 11.6 Å². The quantitative estimate of drug-likeness (QED) is 0.563. The Morgan fingerprint density at radius 3 is 3.13 bits per heavy atom. The van der Waals surface area contributed by atoms with Crippen molar-refractivity contribution in [3.8, 4) is 0 Å². The summed E-state index contributed by atoms with van der Waals surface area (Å²) < 4.78 is 0. The molecule has 0 aromatic carbocycles. The Morgan fingerprint density at radius 1 is 1.27 bits per heavy atom. The largest absolute Gasteiger partial charge is 0.309 e. The highest BCUT2D eigenvalue weighted by Gasteiger charge is 2.69. The predicted octanol–water partition coefficient (Wildman–Crippen LogP) is 1.21. The van der Waals surface area contributed by atoms with Gasteiger partial charge in [0.2, 0.25) is 0 Å². The molecular formula is C11H15NO3. The molecule has 5 fully saturated rings. The SMILES string of the molecule is O=C1N2CCCC23CC2CCCC12OO3. The molecule has 4 aliphatic heterocycles. The van der Waals surface area contributed by atoms with E-state index < -0.39 is 5.60 Å². The van der Waals surface area contributed by atoms with Crippen LogP contribution in [0.5, 0.6) is 0 Å². The molecule has 0 radical (unpaired) electrons. The highest BCUT2D eigenvalue weighted by Crippen LogP contribution is 2.57. The molecule has 4 saturated heterocycles. The molecule has 1 saturated carbocycles. The van der Waals surface area contributed by atoms with Crippen LogP contribution in [0, 0.1) is 5.92 Å². The van der Waals surface area contributed by atoms with Crippen LogP contribution in [0.15, 0.2) is 0 Å². The van der Waals surface area contributed by atoms with Crippen molar-refractivity contribution in [3.63, 3.8) is 0 Å². The fourth-order valence-electron chi connectivity index (χ4n) is 3.98. The third-order valence-corrected chi connectivity index (χ3v) is 4.72. The van der Waals surface area contributed by atoms with Gasteiger partial charge in [-0.15, -0.1) is 0 Å². The molecule has 4 nitrogen and oxygen atoms in total. The predicted molar refractivity (Wildman–Crippen MR) is 50.5 cm³/mol. The molecule has 4 heterocycles. The van der Waals surface area contributed by atoms with Crippen LogP contribution in [0.1, 0.15) is 38.5 Å². The summed E-state index contributed by atoms with van der Waals surface area (Å²) in [5.41, 5.74) is -0.972. The maximum atomic E-state index is 12.4. The first-order chi connectivity index (χ1) is 7.27. The zero-order valence-corrected chi connectivity index (χ0v) is 8.70. The minimum absolute atomic E-state index is 0.208. The Kier molecular flexibility index (Phi) is 1.35. The number of hydrogen-bond acceptors (Lipinski definition) is 3. The van der Waals surface area contributed by atoms with Crippen LogP contribution >= 0.6 is 0 Å². The molecule has 4 heteroatoms. The molecule has 5 rings (SSSR count). The average molecular weight is 209 g/mol. The van der Waals surface area contributed by atoms with E-state index in [2.05, 4.69) is 0 Å². The van der Waals surface area contributed by atoms with Crippen LogP contribution in [0.25, 0.3) is 0 Å². The van der Waals surface area contributed by atoms with Gasteiger partial charge in [-0.2, -0.15) is 0 Å². The molecule has 0 aromatic heterocycles. The summed E-state index contributed by atoms with van der Waals surface area (Å²) in [6.07, 6.45) is 6.08. The number of hydrogen-bond donors (Lipinski definition) is 0. The Bertz CT molecular complexity index is 345. The fraction of sp³-hybridized carbons (Fsp3) is 0.909. The van der Waals surface area contributed by atoms with Gasteiger partial charge in [0.15, 0.2) is 11.3 Å². The smallest absolute Gasteiger partial charge is 0.260 e. The highest BCUT2D eigenvalue weighted by molar-refractivity contribution is 5.88. The van der Waals surface area contributed by atoms with Crippen LogP contribution in [0.3, 0.4) is 0 Å². The van der Waals surface area contributed by atoms with E-state index in [1.807, 2.05) is 4.90 Å². The van der Waals surface area contributed by atoms with E-state index in [1.54, 1.807) is 0 Å². The van der Waals surface area contributed by atoms with E-state index >= 15 is 0 Å². The molecule has 0 aromatic rings. The summed E-state index contributed by atoms with van der Waals surface area (Å²) in [6.45, 7) is 0.858. The van der Waals surface area contributed by atoms with Crippen molar-refractivity contribution in [1.29, 1.82) is 0 Å². The zero-order chi connectivity index (χ0) is 10.1. The van der Waals surface area contributed by atoms with Crippen molar-refractivity contribution in [2.75, 3.05) is 6.54 Å². The van der Waals surface area contributed by atoms with Gasteiger partial charge in [0.25, 0.3) is 5.91 Å². The Balaban J connectivity index is 1.85. The van der Waals surface area contributed by atoms with E-state index in [0.29, 0.717) is 5.92 Å². The zero-order valence-electron chi connectivity index (χ0n) is 8.70. The molecule has 3 atom stereocenters. The minimum Gasteiger partial charge on any atom is -0.309 e. The summed E-state index contributed by atoms with van der Waals surface area (Å²) >= 11 is 0. The summed E-state index contributed by atoms with van der Waals surface area (Å²) in [7, 11) is 0. The lowest BCUT2D eigenvalue weighted by atomic mass is 9.77. The van der Waals surface area contributed by atoms with Gasteiger partial charge in [0.05, 0.1) is 0 Å². The maximum Gasteiger partial charge on any atom is 0.260 e. The fourth-order valence-corrected chi connectivity index (χ4v) is 3.98. The Morgan fingerprint density at radius 2 is 2.20 bits per heavy atom. The van der Waals surface area contributed by atoms with Crippen molar-refractivity contribution >= 4 is 5.91 Å². The van der Waals surface area contributed by atoms with Crippen molar-refractivity contribution in [3.05, 3.63) is 0 Å². The second-order valence-electron chi connectivity index (χ2n) is 5.36. The first-order valence-corrected chi connectivity index (χ1v) is 5.96. The molecule has 15 heavy (non-hydrogen) atoms. The van der Waals surface area contributed by atoms with Crippen molar-refractivity contribution in [2.45, 2.75) is 49.9 Å². The van der Waals surface area contributed by atoms with Crippen molar-refractivity contribution < 1.29 is 14.6 Å². The molecule has 3 unspecified atom stereocenters. The summed E-state index contributed by atoms with van der Waals surface area (Å²) in [4.78, 5) is 25.4. The van der Waals surface area contributed by atoms with Crippen molar-refractivity contribution in [2.24, 2.45) is 5.92 Å². The Labute approximate surface area is 88.4 Å². The minimum atomic E-state index is -0.591. The third kappa shape index (κ3) is 0.773. The number of nitrogens with zero attached hydrogens (tertiary/aromatic N) is 1. The van der Waals surface area contributed by atoms with Gasteiger partial charge >= 0.3 is 0 Å². The second-order valence-corrected chi connectivity index (χ2v) is 5.36. The maximum absolute atomic E-state index is 12.4. The van der Waals surface area contributed by atoms with E-state index in [0.717, 1.165) is 45.1 Å². The van der Waals surface area contributed by atoms with Gasteiger partial charge < -0.3 is 4.90 Å². The third-order valence-electron chi connectivity index (χ3n) is 4.72. The molecule has 2 bridgehead atoms. The summed E-state index contributed by atoms with van der Waals surface area (Å²) in [6, 6.07) is 0. The molecule has 1 amide bonds. The lowest BCUT2D eigenvalue weighted by molar-refractivity contribution is -0.480.